The molecule has 0 bridgehead atoms. The molecule has 0 saturated heterocycles. The molecule has 4 rings (SSSR count). The Balaban J connectivity index is 2.13. The summed E-state index contributed by atoms with van der Waals surface area (Å²) in [5.74, 6) is 0. The van der Waals surface area contributed by atoms with Gasteiger partial charge in [0, 0.05) is 18.0 Å². The van der Waals surface area contributed by atoms with E-state index in [2.05, 4.69) is 63.9 Å². The predicted molar refractivity (Wildman–Crippen MR) is 65.0 cm³/mol. The maximum Gasteiger partial charge on any atom is 0.0731 e. The van der Waals surface area contributed by atoms with Crippen LogP contribution < -0.4 is 0 Å². The Morgan fingerprint density at radius 1 is 0.812 bits per heavy atom. The highest BCUT2D eigenvalue weighted by Gasteiger charge is 2.10. The van der Waals surface area contributed by atoms with Crippen LogP contribution in [0.2, 0.25) is 0 Å². The molecule has 4 aromatic rings. The summed E-state index contributed by atoms with van der Waals surface area (Å²) >= 11 is 0. The summed E-state index contributed by atoms with van der Waals surface area (Å²) in [5, 5.41) is 0. The lowest BCUT2D eigenvalue weighted by Gasteiger charge is -1.95. The van der Waals surface area contributed by atoms with Crippen molar-refractivity contribution in [3.63, 3.8) is 0 Å². The molecule has 2 heteroatoms. The van der Waals surface area contributed by atoms with Crippen LogP contribution in [0.3, 0.4) is 0 Å². The molecule has 16 heavy (non-hydrogen) atoms. The van der Waals surface area contributed by atoms with E-state index in [4.69, 9.17) is 0 Å². The number of aromatic nitrogens is 2. The van der Waals surface area contributed by atoms with Crippen LogP contribution in [0.5, 0.6) is 0 Å². The molecule has 3 aromatic heterocycles. The molecule has 0 saturated carbocycles. The summed E-state index contributed by atoms with van der Waals surface area (Å²) in [6, 6.07) is 17.0. The first-order valence-electron chi connectivity index (χ1n) is 5.40. The molecule has 1 aromatic carbocycles. The van der Waals surface area contributed by atoms with Gasteiger partial charge in [-0.05, 0) is 23.8 Å². The second-order valence-electron chi connectivity index (χ2n) is 4.06. The van der Waals surface area contributed by atoms with Crippen molar-refractivity contribution < 1.29 is 0 Å². The molecule has 3 heterocycles. The van der Waals surface area contributed by atoms with E-state index in [1.54, 1.807) is 0 Å². The van der Waals surface area contributed by atoms with E-state index >= 15 is 0 Å². The van der Waals surface area contributed by atoms with Crippen LogP contribution in [-0.4, -0.2) is 9.03 Å². The summed E-state index contributed by atoms with van der Waals surface area (Å²) in [7, 11) is 0. The second kappa shape index (κ2) is 2.67. The van der Waals surface area contributed by atoms with Gasteiger partial charge >= 0.3 is 0 Å². The van der Waals surface area contributed by atoms with Gasteiger partial charge in [-0.15, -0.1) is 0 Å². The van der Waals surface area contributed by atoms with Crippen LogP contribution in [-0.2, 0) is 0 Å². The van der Waals surface area contributed by atoms with E-state index in [1.165, 1.54) is 22.2 Å². The highest BCUT2D eigenvalue weighted by Crippen LogP contribution is 2.28. The van der Waals surface area contributed by atoms with Crippen molar-refractivity contribution in [1.29, 1.82) is 0 Å². The summed E-state index contributed by atoms with van der Waals surface area (Å²) in [6.45, 7) is 0. The van der Waals surface area contributed by atoms with Crippen molar-refractivity contribution in [2.75, 3.05) is 0 Å². The summed E-state index contributed by atoms with van der Waals surface area (Å²) in [6.07, 6.45) is 4.27. The molecule has 0 amide bonds. The van der Waals surface area contributed by atoms with Gasteiger partial charge in [-0.3, -0.25) is 4.52 Å². The van der Waals surface area contributed by atoms with Crippen molar-refractivity contribution >= 4 is 11.0 Å². The quantitative estimate of drug-likeness (QED) is 0.452. The molecule has 0 unspecified atom stereocenters. The summed E-state index contributed by atoms with van der Waals surface area (Å²) in [4.78, 5) is 0. The lowest BCUT2D eigenvalue weighted by Crippen LogP contribution is -1.83. The minimum atomic E-state index is 1.25. The van der Waals surface area contributed by atoms with Gasteiger partial charge in [-0.2, -0.15) is 0 Å². The lowest BCUT2D eigenvalue weighted by atomic mass is 10.1. The zero-order valence-electron chi connectivity index (χ0n) is 8.67. The Kier molecular flexibility index (Phi) is 1.33. The van der Waals surface area contributed by atoms with Crippen LogP contribution in [0.25, 0.3) is 22.2 Å². The zero-order chi connectivity index (χ0) is 10.5. The third-order valence-corrected chi connectivity index (χ3v) is 3.14. The summed E-state index contributed by atoms with van der Waals surface area (Å²) in [5.41, 5.74) is 5.07. The third kappa shape index (κ3) is 0.865. The number of hydrogen-bond donors (Lipinski definition) is 0. The molecule has 0 spiro atoms. The van der Waals surface area contributed by atoms with Crippen LogP contribution in [0.1, 0.15) is 0 Å². The molecule has 76 valence electrons. The largest absolute Gasteiger partial charge is 0.263 e. The van der Waals surface area contributed by atoms with Crippen molar-refractivity contribution in [2.24, 2.45) is 0 Å². The molecule has 2 nitrogen and oxygen atoms in total. The lowest BCUT2D eigenvalue weighted by molar-refractivity contribution is 0.902. The van der Waals surface area contributed by atoms with Crippen LogP contribution in [0, 0.1) is 0 Å². The molecule has 0 atom stereocenters. The topological polar surface area (TPSA) is 8.82 Å². The first-order valence-corrected chi connectivity index (χ1v) is 5.40. The fourth-order valence-corrected chi connectivity index (χ4v) is 2.39. The van der Waals surface area contributed by atoms with E-state index in [-0.39, 0.29) is 0 Å². The van der Waals surface area contributed by atoms with Gasteiger partial charge in [-0.1, -0.05) is 30.3 Å². The first kappa shape index (κ1) is 7.99. The molecular formula is C14H10N2. The van der Waals surface area contributed by atoms with Crippen molar-refractivity contribution in [3.05, 3.63) is 60.9 Å². The van der Waals surface area contributed by atoms with E-state index in [0.29, 0.717) is 0 Å². The Morgan fingerprint density at radius 2 is 1.69 bits per heavy atom. The standard InChI is InChI=1S/C14H10N2/c1-2-4-11(5-3-1)13-10-15-9-8-12-6-7-14(13)16(12)15/h1-10H. The molecule has 0 aliphatic rings. The Bertz CT molecular complexity index is 746. The van der Waals surface area contributed by atoms with Gasteiger partial charge in [0.05, 0.1) is 11.0 Å². The highest BCUT2D eigenvalue weighted by atomic mass is 15.3. The number of rotatable bonds is 1. The smallest absolute Gasteiger partial charge is 0.0731 e. The second-order valence-corrected chi connectivity index (χ2v) is 4.06. The minimum absolute atomic E-state index is 1.25. The molecule has 0 fully saturated rings. The van der Waals surface area contributed by atoms with E-state index in [9.17, 15) is 0 Å². The Morgan fingerprint density at radius 3 is 2.56 bits per heavy atom. The Labute approximate surface area is 92.7 Å². The molecule has 0 N–H and O–H groups in total. The molecular weight excluding hydrogens is 196 g/mol. The first-order chi connectivity index (χ1) is 7.93. The average molecular weight is 206 g/mol. The van der Waals surface area contributed by atoms with Crippen LogP contribution >= 0.6 is 0 Å². The predicted octanol–water partition coefficient (Wildman–Crippen LogP) is 3.30. The van der Waals surface area contributed by atoms with Crippen molar-refractivity contribution in [3.8, 4) is 11.1 Å². The fourth-order valence-electron chi connectivity index (χ4n) is 2.39. The fraction of sp³-hybridized carbons (Fsp3) is 0. The van der Waals surface area contributed by atoms with Gasteiger partial charge in [0.1, 0.15) is 0 Å². The summed E-state index contributed by atoms with van der Waals surface area (Å²) < 4.78 is 4.36. The maximum atomic E-state index is 2.22. The van der Waals surface area contributed by atoms with E-state index in [0.717, 1.165) is 0 Å². The van der Waals surface area contributed by atoms with Gasteiger partial charge in [-0.25, -0.2) is 4.52 Å². The molecule has 0 aliphatic carbocycles. The van der Waals surface area contributed by atoms with E-state index < -0.39 is 0 Å². The van der Waals surface area contributed by atoms with Crippen LogP contribution in [0.4, 0.5) is 0 Å². The number of hydrogen-bond acceptors (Lipinski definition) is 0. The van der Waals surface area contributed by atoms with Crippen molar-refractivity contribution in [2.45, 2.75) is 0 Å². The normalized spacial score (nSPS) is 11.8. The molecule has 0 radical (unpaired) electrons. The van der Waals surface area contributed by atoms with Crippen LogP contribution in [0.15, 0.2) is 60.9 Å². The zero-order valence-corrected chi connectivity index (χ0v) is 8.67. The molecule has 0 aliphatic heterocycles. The monoisotopic (exact) mass is 206 g/mol. The highest BCUT2D eigenvalue weighted by molar-refractivity contribution is 5.83. The third-order valence-electron chi connectivity index (χ3n) is 3.14. The number of nitrogens with zero attached hydrogens (tertiary/aromatic N) is 2. The Hall–Kier alpha value is -2.22. The SMILES string of the molecule is c1ccc(-c2cn3ccc4ccc2n43)cc1. The minimum Gasteiger partial charge on any atom is -0.263 e. The van der Waals surface area contributed by atoms with Gasteiger partial charge in [0.2, 0.25) is 0 Å². The maximum absolute atomic E-state index is 2.22. The number of benzene rings is 1. The van der Waals surface area contributed by atoms with E-state index in [1.807, 2.05) is 6.07 Å². The van der Waals surface area contributed by atoms with Gasteiger partial charge < -0.3 is 0 Å². The average Bonchev–Trinajstić information content (AvgIpc) is 2.99. The van der Waals surface area contributed by atoms with Crippen molar-refractivity contribution in [1.82, 2.24) is 9.03 Å². The van der Waals surface area contributed by atoms with Gasteiger partial charge in [0.25, 0.3) is 0 Å². The van der Waals surface area contributed by atoms with Gasteiger partial charge in [0.15, 0.2) is 0 Å².